The lowest BCUT2D eigenvalue weighted by Crippen LogP contribution is -2.48. The van der Waals surface area contributed by atoms with Crippen LogP contribution in [0.4, 0.5) is 11.4 Å². The molecule has 4 heteroatoms. The van der Waals surface area contributed by atoms with E-state index in [0.717, 1.165) is 17.8 Å². The zero-order valence-electron chi connectivity index (χ0n) is 13.5. The van der Waals surface area contributed by atoms with Gasteiger partial charge in [0.05, 0.1) is 49.9 Å². The van der Waals surface area contributed by atoms with Gasteiger partial charge in [-0.15, -0.1) is 0 Å². The van der Waals surface area contributed by atoms with Crippen LogP contribution in [0.5, 0.6) is 0 Å². The standard InChI is InChI=1S/C17H31N4/c1-21(11-7-4-8-12-21)10-6-3-2-5-9-17-16(19)13-15(18)14-20-17/h13-14H,2-12,18-19H2,1H3/q+1. The molecule has 1 aliphatic heterocycles. The molecule has 0 atom stereocenters. The lowest BCUT2D eigenvalue weighted by Gasteiger charge is -2.37. The summed E-state index contributed by atoms with van der Waals surface area (Å²) in [5.41, 5.74) is 14.0. The van der Waals surface area contributed by atoms with Crippen LogP contribution in [0.15, 0.2) is 12.3 Å². The number of hydrogen-bond donors (Lipinski definition) is 2. The highest BCUT2D eigenvalue weighted by atomic mass is 15.3. The number of pyridine rings is 1. The fourth-order valence-corrected chi connectivity index (χ4v) is 3.37. The van der Waals surface area contributed by atoms with E-state index < -0.39 is 0 Å². The zero-order chi connectivity index (χ0) is 15.1. The van der Waals surface area contributed by atoms with E-state index in [9.17, 15) is 0 Å². The van der Waals surface area contributed by atoms with Crippen molar-refractivity contribution in [2.24, 2.45) is 0 Å². The van der Waals surface area contributed by atoms with Gasteiger partial charge in [0.25, 0.3) is 0 Å². The summed E-state index contributed by atoms with van der Waals surface area (Å²) in [4.78, 5) is 4.33. The van der Waals surface area contributed by atoms with Gasteiger partial charge in [-0.3, -0.25) is 4.98 Å². The second-order valence-electron chi connectivity index (χ2n) is 6.82. The minimum atomic E-state index is 0.648. The Labute approximate surface area is 129 Å². The zero-order valence-corrected chi connectivity index (χ0v) is 13.5. The smallest absolute Gasteiger partial charge is 0.0784 e. The van der Waals surface area contributed by atoms with Gasteiger partial charge in [-0.2, -0.15) is 0 Å². The van der Waals surface area contributed by atoms with Crippen molar-refractivity contribution in [1.29, 1.82) is 0 Å². The second kappa shape index (κ2) is 7.64. The van der Waals surface area contributed by atoms with Crippen LogP contribution >= 0.6 is 0 Å². The van der Waals surface area contributed by atoms with Crippen molar-refractivity contribution in [2.45, 2.75) is 51.4 Å². The van der Waals surface area contributed by atoms with Gasteiger partial charge < -0.3 is 16.0 Å². The molecule has 1 aliphatic rings. The Balaban J connectivity index is 1.59. The van der Waals surface area contributed by atoms with E-state index in [1.54, 1.807) is 6.20 Å². The molecular formula is C17H31N4+. The molecule has 0 bridgehead atoms. The molecule has 0 amide bonds. The number of quaternary nitrogens is 1. The summed E-state index contributed by atoms with van der Waals surface area (Å²) in [5.74, 6) is 0. The van der Waals surface area contributed by atoms with Gasteiger partial charge in [-0.05, 0) is 51.0 Å². The van der Waals surface area contributed by atoms with Gasteiger partial charge in [0.2, 0.25) is 0 Å². The fraction of sp³-hybridized carbons (Fsp3) is 0.706. The molecule has 1 aromatic rings. The third-order valence-corrected chi connectivity index (χ3v) is 4.78. The van der Waals surface area contributed by atoms with Crippen LogP contribution in [0.25, 0.3) is 0 Å². The summed E-state index contributed by atoms with van der Waals surface area (Å²) in [6.45, 7) is 4.11. The summed E-state index contributed by atoms with van der Waals surface area (Å²) >= 11 is 0. The molecule has 1 saturated heterocycles. The summed E-state index contributed by atoms with van der Waals surface area (Å²) in [6.07, 6.45) is 12.0. The van der Waals surface area contributed by atoms with Gasteiger partial charge >= 0.3 is 0 Å². The van der Waals surface area contributed by atoms with Crippen LogP contribution in [0.3, 0.4) is 0 Å². The molecule has 0 aliphatic carbocycles. The Morgan fingerprint density at radius 2 is 1.76 bits per heavy atom. The first-order valence-corrected chi connectivity index (χ1v) is 8.42. The average molecular weight is 291 g/mol. The number of unbranched alkanes of at least 4 members (excludes halogenated alkanes) is 3. The van der Waals surface area contributed by atoms with Crippen LogP contribution < -0.4 is 11.5 Å². The molecule has 4 nitrogen and oxygen atoms in total. The van der Waals surface area contributed by atoms with E-state index in [4.69, 9.17) is 11.5 Å². The quantitative estimate of drug-likeness (QED) is 0.599. The molecule has 1 aromatic heterocycles. The maximum Gasteiger partial charge on any atom is 0.0784 e. The Morgan fingerprint density at radius 1 is 1.05 bits per heavy atom. The fourth-order valence-electron chi connectivity index (χ4n) is 3.37. The summed E-state index contributed by atoms with van der Waals surface area (Å²) in [5, 5.41) is 0. The van der Waals surface area contributed by atoms with Gasteiger partial charge in [0.1, 0.15) is 0 Å². The van der Waals surface area contributed by atoms with E-state index in [-0.39, 0.29) is 0 Å². The number of piperidine rings is 1. The van der Waals surface area contributed by atoms with E-state index in [0.29, 0.717) is 5.69 Å². The van der Waals surface area contributed by atoms with Crippen molar-refractivity contribution in [3.05, 3.63) is 18.0 Å². The van der Waals surface area contributed by atoms with Crippen LogP contribution in [0.2, 0.25) is 0 Å². The average Bonchev–Trinajstić information content (AvgIpc) is 2.45. The van der Waals surface area contributed by atoms with Crippen LogP contribution in [0.1, 0.15) is 50.6 Å². The number of rotatable bonds is 7. The molecule has 21 heavy (non-hydrogen) atoms. The number of aromatic nitrogens is 1. The molecule has 0 unspecified atom stereocenters. The van der Waals surface area contributed by atoms with Crippen molar-refractivity contribution in [3.63, 3.8) is 0 Å². The van der Waals surface area contributed by atoms with E-state index in [1.807, 2.05) is 6.07 Å². The molecule has 118 valence electrons. The lowest BCUT2D eigenvalue weighted by atomic mass is 10.1. The maximum absolute atomic E-state index is 5.93. The lowest BCUT2D eigenvalue weighted by molar-refractivity contribution is -0.914. The van der Waals surface area contributed by atoms with Crippen LogP contribution in [0, 0.1) is 0 Å². The van der Waals surface area contributed by atoms with Gasteiger partial charge in [-0.1, -0.05) is 6.42 Å². The van der Waals surface area contributed by atoms with E-state index >= 15 is 0 Å². The monoisotopic (exact) mass is 291 g/mol. The third-order valence-electron chi connectivity index (χ3n) is 4.78. The molecular weight excluding hydrogens is 260 g/mol. The minimum absolute atomic E-state index is 0.648. The van der Waals surface area contributed by atoms with Gasteiger partial charge in [0, 0.05) is 0 Å². The van der Waals surface area contributed by atoms with Crippen molar-refractivity contribution in [2.75, 3.05) is 38.1 Å². The van der Waals surface area contributed by atoms with Crippen LogP contribution in [-0.4, -0.2) is 36.1 Å². The Morgan fingerprint density at radius 3 is 2.48 bits per heavy atom. The highest BCUT2D eigenvalue weighted by molar-refractivity contribution is 5.52. The highest BCUT2D eigenvalue weighted by Crippen LogP contribution is 2.19. The molecule has 1 fully saturated rings. The number of aryl methyl sites for hydroxylation is 1. The number of nitrogens with two attached hydrogens (primary N) is 2. The maximum atomic E-state index is 5.93. The molecule has 0 saturated carbocycles. The van der Waals surface area contributed by atoms with Crippen molar-refractivity contribution in [1.82, 2.24) is 4.98 Å². The first kappa shape index (κ1) is 16.1. The largest absolute Gasteiger partial charge is 0.397 e. The predicted molar refractivity (Wildman–Crippen MR) is 89.9 cm³/mol. The number of nitrogen functional groups attached to an aromatic ring is 2. The Kier molecular flexibility index (Phi) is 5.85. The minimum Gasteiger partial charge on any atom is -0.397 e. The van der Waals surface area contributed by atoms with Gasteiger partial charge in [0.15, 0.2) is 0 Å². The van der Waals surface area contributed by atoms with Crippen LogP contribution in [-0.2, 0) is 6.42 Å². The summed E-state index contributed by atoms with van der Waals surface area (Å²) < 4.78 is 1.30. The van der Waals surface area contributed by atoms with Crippen molar-refractivity contribution < 1.29 is 4.48 Å². The topological polar surface area (TPSA) is 64.9 Å². The molecule has 2 heterocycles. The normalized spacial score (nSPS) is 17.8. The first-order valence-electron chi connectivity index (χ1n) is 8.42. The first-order chi connectivity index (χ1) is 10.1. The number of hydrogen-bond acceptors (Lipinski definition) is 3. The Hall–Kier alpha value is -1.29. The molecule has 4 N–H and O–H groups in total. The summed E-state index contributed by atoms with van der Waals surface area (Å²) in [7, 11) is 2.43. The van der Waals surface area contributed by atoms with Crippen molar-refractivity contribution >= 4 is 11.4 Å². The highest BCUT2D eigenvalue weighted by Gasteiger charge is 2.23. The number of anilines is 2. The van der Waals surface area contributed by atoms with Gasteiger partial charge in [-0.25, -0.2) is 0 Å². The SMILES string of the molecule is C[N+]1(CCCCCCc2ncc(N)cc2N)CCCCC1. The molecule has 0 radical (unpaired) electrons. The molecule has 2 rings (SSSR count). The van der Waals surface area contributed by atoms with E-state index in [2.05, 4.69) is 12.0 Å². The third kappa shape index (κ3) is 5.20. The Bertz CT molecular complexity index is 438. The molecule has 0 aromatic carbocycles. The van der Waals surface area contributed by atoms with Crippen molar-refractivity contribution in [3.8, 4) is 0 Å². The second-order valence-corrected chi connectivity index (χ2v) is 6.82. The number of likely N-dealkylation sites (tertiary alicyclic amines) is 1. The molecule has 0 spiro atoms. The predicted octanol–water partition coefficient (Wildman–Crippen LogP) is 2.98. The van der Waals surface area contributed by atoms with E-state index in [1.165, 1.54) is 69.1 Å². The summed E-state index contributed by atoms with van der Waals surface area (Å²) in [6, 6.07) is 1.81. The number of nitrogens with zero attached hydrogens (tertiary/aromatic N) is 2.